The number of sulfonamides is 1. The van der Waals surface area contributed by atoms with Crippen molar-refractivity contribution in [3.05, 3.63) is 42.2 Å². The van der Waals surface area contributed by atoms with Crippen molar-refractivity contribution in [2.45, 2.75) is 34.8 Å². The molecule has 1 aromatic carbocycles. The predicted molar refractivity (Wildman–Crippen MR) is 117 cm³/mol. The smallest absolute Gasteiger partial charge is 0.264 e. The van der Waals surface area contributed by atoms with Gasteiger partial charge in [-0.15, -0.1) is 10.2 Å². The van der Waals surface area contributed by atoms with Crippen LogP contribution >= 0.6 is 23.1 Å². The number of carbonyl (C=O) groups is 1. The predicted octanol–water partition coefficient (Wildman–Crippen LogP) is 2.53. The Balaban J connectivity index is 1.66. The van der Waals surface area contributed by atoms with Gasteiger partial charge in [-0.1, -0.05) is 30.0 Å². The minimum atomic E-state index is -3.85. The van der Waals surface area contributed by atoms with E-state index in [1.807, 2.05) is 6.92 Å². The van der Waals surface area contributed by atoms with Crippen LogP contribution < -0.4 is 15.8 Å². The van der Waals surface area contributed by atoms with Crippen molar-refractivity contribution in [3.63, 3.8) is 0 Å². The number of benzene rings is 1. The summed E-state index contributed by atoms with van der Waals surface area (Å²) in [6, 6.07) is 7.49. The Morgan fingerprint density at radius 2 is 1.97 bits per heavy atom. The average molecular weight is 466 g/mol. The van der Waals surface area contributed by atoms with Crippen molar-refractivity contribution in [2.75, 3.05) is 15.8 Å². The lowest BCUT2D eigenvalue weighted by atomic mass is 10.3. The molecule has 0 aliphatic heterocycles. The van der Waals surface area contributed by atoms with E-state index in [0.29, 0.717) is 27.3 Å². The maximum atomic E-state index is 12.6. The number of rotatable bonds is 8. The third-order valence-electron chi connectivity index (χ3n) is 3.78. The summed E-state index contributed by atoms with van der Waals surface area (Å²) in [7, 11) is -3.85. The summed E-state index contributed by atoms with van der Waals surface area (Å²) in [5, 5.41) is 10.4. The molecular formula is C17H19N7O3S3. The zero-order chi connectivity index (χ0) is 21.7. The largest absolute Gasteiger partial charge is 0.374 e. The number of amides is 1. The SMILES string of the molecule is CCC(Sc1nnc(N)s1)C(=O)Nc1ccc(S(=O)(=O)Nc2nccc(C)n2)cc1. The van der Waals surface area contributed by atoms with Crippen LogP contribution in [-0.2, 0) is 14.8 Å². The van der Waals surface area contributed by atoms with Gasteiger partial charge in [-0.2, -0.15) is 0 Å². The summed E-state index contributed by atoms with van der Waals surface area (Å²) in [5.41, 5.74) is 6.68. The van der Waals surface area contributed by atoms with Gasteiger partial charge in [-0.25, -0.2) is 23.1 Å². The van der Waals surface area contributed by atoms with Gasteiger partial charge in [-0.05, 0) is 43.7 Å². The molecular weight excluding hydrogens is 446 g/mol. The fourth-order valence-corrected chi connectivity index (χ4v) is 5.08. The van der Waals surface area contributed by atoms with E-state index in [9.17, 15) is 13.2 Å². The molecule has 0 radical (unpaired) electrons. The Morgan fingerprint density at radius 1 is 1.23 bits per heavy atom. The summed E-state index contributed by atoms with van der Waals surface area (Å²) < 4.78 is 27.9. The van der Waals surface area contributed by atoms with Gasteiger partial charge >= 0.3 is 0 Å². The zero-order valence-electron chi connectivity index (χ0n) is 16.1. The van der Waals surface area contributed by atoms with Gasteiger partial charge in [0.05, 0.1) is 10.1 Å². The highest BCUT2D eigenvalue weighted by Crippen LogP contribution is 2.30. The van der Waals surface area contributed by atoms with E-state index in [0.717, 1.165) is 0 Å². The molecule has 3 aromatic rings. The molecule has 1 unspecified atom stereocenters. The molecule has 3 rings (SSSR count). The summed E-state index contributed by atoms with van der Waals surface area (Å²) in [6.45, 7) is 3.62. The number of hydrogen-bond donors (Lipinski definition) is 3. The lowest BCUT2D eigenvalue weighted by Gasteiger charge is -2.13. The second-order valence-corrected chi connectivity index (χ2v) is 10.2. The molecule has 1 amide bonds. The van der Waals surface area contributed by atoms with E-state index in [2.05, 4.69) is 30.2 Å². The van der Waals surface area contributed by atoms with Gasteiger partial charge in [0.2, 0.25) is 17.0 Å². The van der Waals surface area contributed by atoms with Crippen LogP contribution in [0.4, 0.5) is 16.8 Å². The summed E-state index contributed by atoms with van der Waals surface area (Å²) in [6.07, 6.45) is 2.04. The molecule has 0 spiro atoms. The highest BCUT2D eigenvalue weighted by Gasteiger charge is 2.21. The maximum absolute atomic E-state index is 12.6. The van der Waals surface area contributed by atoms with Crippen LogP contribution in [0.5, 0.6) is 0 Å². The molecule has 4 N–H and O–H groups in total. The number of anilines is 3. The molecule has 1 atom stereocenters. The van der Waals surface area contributed by atoms with E-state index in [1.165, 1.54) is 53.6 Å². The Morgan fingerprint density at radius 3 is 2.57 bits per heavy atom. The van der Waals surface area contributed by atoms with E-state index in [1.54, 1.807) is 13.0 Å². The highest BCUT2D eigenvalue weighted by molar-refractivity contribution is 8.02. The number of nitrogen functional groups attached to an aromatic ring is 1. The van der Waals surface area contributed by atoms with Gasteiger partial charge in [0.15, 0.2) is 4.34 Å². The number of nitrogens with zero attached hydrogens (tertiary/aromatic N) is 4. The van der Waals surface area contributed by atoms with Gasteiger partial charge < -0.3 is 11.1 Å². The van der Waals surface area contributed by atoms with Crippen molar-refractivity contribution in [3.8, 4) is 0 Å². The van der Waals surface area contributed by atoms with Gasteiger partial charge in [0.25, 0.3) is 10.0 Å². The number of nitrogens with one attached hydrogen (secondary N) is 2. The van der Waals surface area contributed by atoms with Gasteiger partial charge in [-0.3, -0.25) is 4.79 Å². The first kappa shape index (κ1) is 21.9. The van der Waals surface area contributed by atoms with Gasteiger partial charge in [0.1, 0.15) is 0 Å². The minimum absolute atomic E-state index is 0.00694. The number of aryl methyl sites for hydroxylation is 1. The van der Waals surface area contributed by atoms with Crippen LogP contribution in [0.15, 0.2) is 45.8 Å². The maximum Gasteiger partial charge on any atom is 0.264 e. The fraction of sp³-hybridized carbons (Fsp3) is 0.235. The van der Waals surface area contributed by atoms with Crippen LogP contribution in [0.2, 0.25) is 0 Å². The van der Waals surface area contributed by atoms with Crippen LogP contribution in [0, 0.1) is 6.92 Å². The Labute approximate surface area is 181 Å². The first-order valence-electron chi connectivity index (χ1n) is 8.76. The zero-order valence-corrected chi connectivity index (χ0v) is 18.5. The van der Waals surface area contributed by atoms with Crippen molar-refractivity contribution >= 4 is 55.8 Å². The Kier molecular flexibility index (Phi) is 6.84. The highest BCUT2D eigenvalue weighted by atomic mass is 32.2. The van der Waals surface area contributed by atoms with Crippen LogP contribution in [0.1, 0.15) is 19.0 Å². The summed E-state index contributed by atoms with van der Waals surface area (Å²) >= 11 is 2.50. The molecule has 0 saturated carbocycles. The molecule has 0 aliphatic carbocycles. The lowest BCUT2D eigenvalue weighted by Crippen LogP contribution is -2.24. The first-order valence-corrected chi connectivity index (χ1v) is 11.9. The number of thioether (sulfide) groups is 1. The number of aromatic nitrogens is 4. The molecule has 0 fully saturated rings. The molecule has 0 saturated heterocycles. The monoisotopic (exact) mass is 465 g/mol. The van der Waals surface area contributed by atoms with Crippen molar-refractivity contribution in [2.24, 2.45) is 0 Å². The van der Waals surface area contributed by atoms with Gasteiger partial charge in [0, 0.05) is 17.6 Å². The molecule has 158 valence electrons. The number of hydrogen-bond acceptors (Lipinski definition) is 10. The molecule has 10 nitrogen and oxygen atoms in total. The third-order valence-corrected chi connectivity index (χ3v) is 7.33. The van der Waals surface area contributed by atoms with Crippen molar-refractivity contribution in [1.29, 1.82) is 0 Å². The summed E-state index contributed by atoms with van der Waals surface area (Å²) in [4.78, 5) is 20.5. The number of carbonyl (C=O) groups excluding carboxylic acids is 1. The average Bonchev–Trinajstić information content (AvgIpc) is 3.11. The quantitative estimate of drug-likeness (QED) is 0.426. The van der Waals surface area contributed by atoms with E-state index >= 15 is 0 Å². The Bertz CT molecular complexity index is 1130. The molecule has 0 bridgehead atoms. The van der Waals surface area contributed by atoms with E-state index < -0.39 is 10.0 Å². The third kappa shape index (κ3) is 5.64. The molecule has 2 aromatic heterocycles. The minimum Gasteiger partial charge on any atom is -0.374 e. The normalized spacial score (nSPS) is 12.3. The lowest BCUT2D eigenvalue weighted by molar-refractivity contribution is -0.115. The first-order chi connectivity index (χ1) is 14.3. The van der Waals surface area contributed by atoms with Crippen molar-refractivity contribution in [1.82, 2.24) is 20.2 Å². The Hall–Kier alpha value is -2.77. The van der Waals surface area contributed by atoms with Crippen LogP contribution in [0.25, 0.3) is 0 Å². The molecule has 30 heavy (non-hydrogen) atoms. The fourth-order valence-electron chi connectivity index (χ4n) is 2.33. The topological polar surface area (TPSA) is 153 Å². The van der Waals surface area contributed by atoms with E-state index in [4.69, 9.17) is 5.73 Å². The standard InChI is InChI=1S/C17H19N7O3S3/c1-3-13(28-17-23-22-15(18)29-17)14(25)21-11-4-6-12(7-5-11)30(26,27)24-16-19-9-8-10(2)20-16/h4-9,13H,3H2,1-2H3,(H2,18,22)(H,21,25)(H,19,20,24). The van der Waals surface area contributed by atoms with Crippen molar-refractivity contribution < 1.29 is 13.2 Å². The second-order valence-electron chi connectivity index (χ2n) is 6.06. The molecule has 2 heterocycles. The van der Waals surface area contributed by atoms with E-state index in [-0.39, 0.29) is 22.0 Å². The number of nitrogens with two attached hydrogens (primary N) is 1. The molecule has 13 heteroatoms. The van der Waals surface area contributed by atoms with Crippen LogP contribution in [0.3, 0.4) is 0 Å². The molecule has 0 aliphatic rings. The summed E-state index contributed by atoms with van der Waals surface area (Å²) in [5.74, 6) is -0.231. The van der Waals surface area contributed by atoms with Crippen LogP contribution in [-0.4, -0.2) is 39.7 Å². The second kappa shape index (κ2) is 9.36.